The van der Waals surface area contributed by atoms with Crippen molar-refractivity contribution < 1.29 is 4.79 Å². The average Bonchev–Trinajstić information content (AvgIpc) is 3.15. The van der Waals surface area contributed by atoms with Gasteiger partial charge in [0.25, 0.3) is 0 Å². The van der Waals surface area contributed by atoms with E-state index in [9.17, 15) is 4.79 Å². The Morgan fingerprint density at radius 1 is 1.24 bits per heavy atom. The van der Waals surface area contributed by atoms with Crippen LogP contribution in [0, 0.1) is 13.8 Å². The van der Waals surface area contributed by atoms with Gasteiger partial charge in [-0.25, -0.2) is 4.68 Å². The van der Waals surface area contributed by atoms with E-state index < -0.39 is 0 Å². The van der Waals surface area contributed by atoms with E-state index in [-0.39, 0.29) is 12.3 Å². The van der Waals surface area contributed by atoms with E-state index >= 15 is 0 Å². The maximum atomic E-state index is 12.3. The second-order valence-corrected chi connectivity index (χ2v) is 7.12. The van der Waals surface area contributed by atoms with Gasteiger partial charge in [-0.15, -0.1) is 10.2 Å². The first-order valence-electron chi connectivity index (χ1n) is 7.91. The van der Waals surface area contributed by atoms with Crippen molar-refractivity contribution in [1.82, 2.24) is 20.0 Å². The van der Waals surface area contributed by atoms with E-state index in [2.05, 4.69) is 20.6 Å². The minimum atomic E-state index is -0.124. The number of hydrogen-bond donors (Lipinski definition) is 1. The minimum absolute atomic E-state index is 0.124. The highest BCUT2D eigenvalue weighted by molar-refractivity contribution is 7.15. The van der Waals surface area contributed by atoms with Gasteiger partial charge >= 0.3 is 0 Å². The number of nitrogens with zero attached hydrogens (tertiary/aromatic N) is 4. The summed E-state index contributed by atoms with van der Waals surface area (Å²) in [5.41, 5.74) is 3.58. The van der Waals surface area contributed by atoms with E-state index in [1.165, 1.54) is 11.3 Å². The maximum absolute atomic E-state index is 12.3. The number of aryl methyl sites for hydroxylation is 2. The van der Waals surface area contributed by atoms with Gasteiger partial charge in [0.2, 0.25) is 11.0 Å². The predicted molar refractivity (Wildman–Crippen MR) is 99.7 cm³/mol. The average molecular weight is 376 g/mol. The van der Waals surface area contributed by atoms with Crippen LogP contribution in [-0.2, 0) is 17.6 Å². The number of aromatic nitrogens is 4. The van der Waals surface area contributed by atoms with E-state index in [1.54, 1.807) is 0 Å². The van der Waals surface area contributed by atoms with Crippen LogP contribution in [-0.4, -0.2) is 25.9 Å². The number of carbonyl (C=O) groups is 1. The molecule has 130 valence electrons. The van der Waals surface area contributed by atoms with E-state index in [4.69, 9.17) is 11.6 Å². The van der Waals surface area contributed by atoms with Crippen LogP contribution >= 0.6 is 22.9 Å². The zero-order valence-corrected chi connectivity index (χ0v) is 15.8. The molecule has 2 heterocycles. The molecule has 0 saturated heterocycles. The van der Waals surface area contributed by atoms with Gasteiger partial charge in [0.1, 0.15) is 5.01 Å². The zero-order chi connectivity index (χ0) is 18.0. The lowest BCUT2D eigenvalue weighted by Gasteiger charge is -2.06. The fraction of sp³-hybridized carbons (Fsp3) is 0.294. The lowest BCUT2D eigenvalue weighted by Crippen LogP contribution is -2.15. The number of nitrogens with one attached hydrogen (secondary N) is 1. The van der Waals surface area contributed by atoms with Crippen LogP contribution < -0.4 is 5.32 Å². The molecular formula is C17H18ClN5OS. The highest BCUT2D eigenvalue weighted by Crippen LogP contribution is 2.21. The quantitative estimate of drug-likeness (QED) is 0.737. The van der Waals surface area contributed by atoms with E-state index in [0.717, 1.165) is 34.1 Å². The summed E-state index contributed by atoms with van der Waals surface area (Å²) in [5, 5.41) is 17.5. The first-order valence-corrected chi connectivity index (χ1v) is 9.10. The van der Waals surface area contributed by atoms with E-state index in [0.29, 0.717) is 10.2 Å². The molecule has 0 saturated carbocycles. The Labute approximate surface area is 154 Å². The lowest BCUT2D eigenvalue weighted by atomic mass is 10.1. The summed E-state index contributed by atoms with van der Waals surface area (Å²) < 4.78 is 1.83. The Kier molecular flexibility index (Phi) is 5.15. The zero-order valence-electron chi connectivity index (χ0n) is 14.2. The molecule has 1 N–H and O–H groups in total. The number of rotatable bonds is 5. The molecule has 0 bridgehead atoms. The number of carbonyl (C=O) groups excluding carboxylic acids is 1. The Morgan fingerprint density at radius 3 is 2.60 bits per heavy atom. The highest BCUT2D eigenvalue weighted by atomic mass is 35.5. The summed E-state index contributed by atoms with van der Waals surface area (Å²) in [4.78, 5) is 12.3. The smallest absolute Gasteiger partial charge is 0.230 e. The Bertz CT molecular complexity index is 900. The van der Waals surface area contributed by atoms with Gasteiger partial charge in [0, 0.05) is 16.3 Å². The summed E-state index contributed by atoms with van der Waals surface area (Å²) in [6, 6.07) is 7.44. The standard InChI is InChI=1S/C17H18ClN5OS/c1-4-16-20-21-17(25-16)19-15(24)9-14-10(2)22-23(11(14)3)13-7-5-12(18)6-8-13/h5-8H,4,9H2,1-3H3,(H,19,21,24). The van der Waals surface area contributed by atoms with Gasteiger partial charge in [-0.1, -0.05) is 29.9 Å². The van der Waals surface area contributed by atoms with Gasteiger partial charge in [-0.05, 0) is 44.5 Å². The molecular weight excluding hydrogens is 358 g/mol. The molecule has 1 amide bonds. The van der Waals surface area contributed by atoms with Crippen LogP contribution in [0.5, 0.6) is 0 Å². The van der Waals surface area contributed by atoms with Crippen LogP contribution in [0.2, 0.25) is 5.02 Å². The molecule has 0 atom stereocenters. The van der Waals surface area contributed by atoms with Crippen molar-refractivity contribution in [1.29, 1.82) is 0 Å². The van der Waals surface area contributed by atoms with Gasteiger partial charge in [-0.2, -0.15) is 5.10 Å². The summed E-state index contributed by atoms with van der Waals surface area (Å²) >= 11 is 7.34. The monoisotopic (exact) mass is 375 g/mol. The second-order valence-electron chi connectivity index (χ2n) is 5.62. The number of halogens is 1. The number of anilines is 1. The second kappa shape index (κ2) is 7.33. The Balaban J connectivity index is 1.78. The fourth-order valence-electron chi connectivity index (χ4n) is 2.54. The minimum Gasteiger partial charge on any atom is -0.300 e. The molecule has 2 aromatic heterocycles. The fourth-order valence-corrected chi connectivity index (χ4v) is 3.36. The molecule has 3 rings (SSSR count). The molecule has 0 unspecified atom stereocenters. The van der Waals surface area contributed by atoms with Crippen LogP contribution in [0.25, 0.3) is 5.69 Å². The van der Waals surface area contributed by atoms with Crippen LogP contribution in [0.3, 0.4) is 0 Å². The van der Waals surface area contributed by atoms with Crippen LogP contribution in [0.15, 0.2) is 24.3 Å². The Hall–Kier alpha value is -2.25. The number of benzene rings is 1. The molecule has 0 aliphatic carbocycles. The van der Waals surface area contributed by atoms with Crippen molar-refractivity contribution in [2.75, 3.05) is 5.32 Å². The summed E-state index contributed by atoms with van der Waals surface area (Å²) in [6.45, 7) is 5.86. The lowest BCUT2D eigenvalue weighted by molar-refractivity contribution is -0.115. The van der Waals surface area contributed by atoms with Crippen molar-refractivity contribution in [3.05, 3.63) is 51.2 Å². The number of hydrogen-bond acceptors (Lipinski definition) is 5. The normalized spacial score (nSPS) is 10.9. The van der Waals surface area contributed by atoms with Crippen LogP contribution in [0.1, 0.15) is 28.9 Å². The molecule has 0 fully saturated rings. The first-order chi connectivity index (χ1) is 12.0. The Morgan fingerprint density at radius 2 is 1.96 bits per heavy atom. The van der Waals surface area contributed by atoms with Crippen molar-refractivity contribution in [3.8, 4) is 5.69 Å². The summed E-state index contributed by atoms with van der Waals surface area (Å²) in [5.74, 6) is -0.124. The maximum Gasteiger partial charge on any atom is 0.230 e. The summed E-state index contributed by atoms with van der Waals surface area (Å²) in [7, 11) is 0. The van der Waals surface area contributed by atoms with Gasteiger partial charge < -0.3 is 5.32 Å². The van der Waals surface area contributed by atoms with Crippen molar-refractivity contribution in [2.24, 2.45) is 0 Å². The highest BCUT2D eigenvalue weighted by Gasteiger charge is 2.17. The largest absolute Gasteiger partial charge is 0.300 e. The van der Waals surface area contributed by atoms with Gasteiger partial charge in [0.05, 0.1) is 17.8 Å². The van der Waals surface area contributed by atoms with Crippen molar-refractivity contribution >= 4 is 34.0 Å². The first kappa shape index (κ1) is 17.6. The molecule has 0 spiro atoms. The molecule has 1 aromatic carbocycles. The molecule has 0 aliphatic rings. The molecule has 0 aliphatic heterocycles. The molecule has 8 heteroatoms. The molecule has 25 heavy (non-hydrogen) atoms. The van der Waals surface area contributed by atoms with Crippen molar-refractivity contribution in [2.45, 2.75) is 33.6 Å². The van der Waals surface area contributed by atoms with Crippen molar-refractivity contribution in [3.63, 3.8) is 0 Å². The van der Waals surface area contributed by atoms with Crippen LogP contribution in [0.4, 0.5) is 5.13 Å². The van der Waals surface area contributed by atoms with E-state index in [1.807, 2.05) is 49.7 Å². The summed E-state index contributed by atoms with van der Waals surface area (Å²) in [6.07, 6.45) is 1.05. The molecule has 6 nitrogen and oxygen atoms in total. The SMILES string of the molecule is CCc1nnc(NC(=O)Cc2c(C)nn(-c3ccc(Cl)cc3)c2C)s1. The van der Waals surface area contributed by atoms with Gasteiger partial charge in [0.15, 0.2) is 0 Å². The molecule has 0 radical (unpaired) electrons. The number of amides is 1. The topological polar surface area (TPSA) is 72.7 Å². The third kappa shape index (κ3) is 3.88. The molecule has 3 aromatic rings. The predicted octanol–water partition coefficient (Wildman–Crippen LogP) is 3.74. The van der Waals surface area contributed by atoms with Gasteiger partial charge in [-0.3, -0.25) is 4.79 Å². The third-order valence-corrected chi connectivity index (χ3v) is 5.10. The third-order valence-electron chi connectivity index (χ3n) is 3.87.